The van der Waals surface area contributed by atoms with Gasteiger partial charge in [0.1, 0.15) is 0 Å². The van der Waals surface area contributed by atoms with Gasteiger partial charge in [0, 0.05) is 44.5 Å². The average Bonchev–Trinajstić information content (AvgIpc) is 2.86. The quantitative estimate of drug-likeness (QED) is 0.371. The zero-order valence-corrected chi connectivity index (χ0v) is 17.5. The lowest BCUT2D eigenvalue weighted by Crippen LogP contribution is -2.43. The second kappa shape index (κ2) is 12.1. The minimum atomic E-state index is 0. The highest BCUT2D eigenvalue weighted by Gasteiger charge is 2.06. The number of likely N-dealkylation sites (N-methyl/N-ethyl adjacent to an activating group) is 1. The summed E-state index contributed by atoms with van der Waals surface area (Å²) in [6.45, 7) is 12.6. The number of guanidine groups is 1. The smallest absolute Gasteiger partial charge is 0.191 e. The van der Waals surface area contributed by atoms with Crippen molar-refractivity contribution in [2.45, 2.75) is 40.2 Å². The maximum atomic E-state index is 4.46. The zero-order valence-electron chi connectivity index (χ0n) is 14.3. The summed E-state index contributed by atoms with van der Waals surface area (Å²) in [7, 11) is 1.81. The van der Waals surface area contributed by atoms with Crippen molar-refractivity contribution in [3.63, 3.8) is 0 Å². The number of hydrogen-bond acceptors (Lipinski definition) is 4. The van der Waals surface area contributed by atoms with Crippen LogP contribution in [0.4, 0.5) is 0 Å². The van der Waals surface area contributed by atoms with Gasteiger partial charge in [-0.05, 0) is 27.3 Å². The number of hydrogen-bond donors (Lipinski definition) is 2. The van der Waals surface area contributed by atoms with Crippen molar-refractivity contribution in [3.05, 3.63) is 16.1 Å². The van der Waals surface area contributed by atoms with Crippen LogP contribution in [-0.4, -0.2) is 55.1 Å². The molecule has 0 aliphatic heterocycles. The molecular weight excluding hydrogens is 409 g/mol. The number of thiazole rings is 1. The molecule has 0 aliphatic rings. The van der Waals surface area contributed by atoms with Gasteiger partial charge in [-0.1, -0.05) is 6.92 Å². The third kappa shape index (κ3) is 8.28. The third-order valence-corrected chi connectivity index (χ3v) is 4.21. The van der Waals surface area contributed by atoms with Gasteiger partial charge in [-0.15, -0.1) is 35.3 Å². The molecule has 128 valence electrons. The van der Waals surface area contributed by atoms with Crippen molar-refractivity contribution < 1.29 is 0 Å². The molecule has 5 nitrogen and oxygen atoms in total. The van der Waals surface area contributed by atoms with Crippen LogP contribution in [0.25, 0.3) is 0 Å². The zero-order chi connectivity index (χ0) is 15.7. The fraction of sp³-hybridized carbons (Fsp3) is 0.733. The molecule has 7 heteroatoms. The van der Waals surface area contributed by atoms with Gasteiger partial charge in [0.2, 0.25) is 0 Å². The van der Waals surface area contributed by atoms with E-state index < -0.39 is 0 Å². The molecule has 0 saturated heterocycles. The SMILES string of the molecule is CCN(CCNC(=NC)NCCc1csc(C)n1)C(C)C.I. The molecule has 1 heterocycles. The summed E-state index contributed by atoms with van der Waals surface area (Å²) < 4.78 is 0. The lowest BCUT2D eigenvalue weighted by atomic mass is 10.3. The van der Waals surface area contributed by atoms with E-state index in [1.165, 1.54) is 0 Å². The summed E-state index contributed by atoms with van der Waals surface area (Å²) in [5, 5.41) is 9.94. The first-order chi connectivity index (χ1) is 10.1. The summed E-state index contributed by atoms with van der Waals surface area (Å²) in [5.74, 6) is 0.863. The van der Waals surface area contributed by atoms with Gasteiger partial charge in [-0.3, -0.25) is 9.89 Å². The van der Waals surface area contributed by atoms with Crippen LogP contribution in [0.2, 0.25) is 0 Å². The van der Waals surface area contributed by atoms with Crippen LogP contribution in [0, 0.1) is 6.92 Å². The van der Waals surface area contributed by atoms with Crippen LogP contribution in [0.15, 0.2) is 10.4 Å². The number of aliphatic imine (C=N–C) groups is 1. The highest BCUT2D eigenvalue weighted by Crippen LogP contribution is 2.07. The van der Waals surface area contributed by atoms with Gasteiger partial charge in [0.25, 0.3) is 0 Å². The number of rotatable bonds is 8. The molecule has 0 radical (unpaired) electrons. The van der Waals surface area contributed by atoms with Crippen LogP contribution in [-0.2, 0) is 6.42 Å². The third-order valence-electron chi connectivity index (χ3n) is 3.39. The molecule has 0 saturated carbocycles. The monoisotopic (exact) mass is 439 g/mol. The fourth-order valence-electron chi connectivity index (χ4n) is 2.15. The maximum Gasteiger partial charge on any atom is 0.191 e. The first-order valence-corrected chi connectivity index (χ1v) is 8.54. The van der Waals surface area contributed by atoms with Crippen molar-refractivity contribution in [2.24, 2.45) is 4.99 Å². The topological polar surface area (TPSA) is 52.5 Å². The molecule has 0 aromatic carbocycles. The number of nitrogens with zero attached hydrogens (tertiary/aromatic N) is 3. The fourth-order valence-corrected chi connectivity index (χ4v) is 2.80. The molecule has 1 rings (SSSR count). The second-order valence-electron chi connectivity index (χ2n) is 5.26. The minimum absolute atomic E-state index is 0. The molecule has 0 atom stereocenters. The molecule has 0 amide bonds. The summed E-state index contributed by atoms with van der Waals surface area (Å²) in [4.78, 5) is 11.1. The second-order valence-corrected chi connectivity index (χ2v) is 6.32. The Hall–Kier alpha value is -0.410. The van der Waals surface area contributed by atoms with Crippen molar-refractivity contribution in [1.29, 1.82) is 0 Å². The van der Waals surface area contributed by atoms with Crippen LogP contribution >= 0.6 is 35.3 Å². The van der Waals surface area contributed by atoms with E-state index in [4.69, 9.17) is 0 Å². The van der Waals surface area contributed by atoms with E-state index >= 15 is 0 Å². The van der Waals surface area contributed by atoms with Gasteiger partial charge in [-0.25, -0.2) is 4.98 Å². The molecule has 0 spiro atoms. The summed E-state index contributed by atoms with van der Waals surface area (Å²) >= 11 is 1.70. The standard InChI is InChI=1S/C15H29N5S.HI/c1-6-20(12(2)3)10-9-18-15(16-5)17-8-7-14-11-21-13(4)19-14;/h11-12H,6-10H2,1-5H3,(H2,16,17,18);1H. The van der Waals surface area contributed by atoms with Gasteiger partial charge in [0.15, 0.2) is 5.96 Å². The van der Waals surface area contributed by atoms with Gasteiger partial charge in [0.05, 0.1) is 10.7 Å². The minimum Gasteiger partial charge on any atom is -0.356 e. The Morgan fingerprint density at radius 3 is 2.55 bits per heavy atom. The Morgan fingerprint density at radius 1 is 1.36 bits per heavy atom. The van der Waals surface area contributed by atoms with E-state index in [1.807, 2.05) is 14.0 Å². The Labute approximate surface area is 156 Å². The van der Waals surface area contributed by atoms with Gasteiger partial charge in [-0.2, -0.15) is 0 Å². The maximum absolute atomic E-state index is 4.46. The van der Waals surface area contributed by atoms with Gasteiger partial charge < -0.3 is 10.6 Å². The largest absolute Gasteiger partial charge is 0.356 e. The molecule has 1 aromatic rings. The Bertz CT molecular complexity index is 433. The average molecular weight is 439 g/mol. The lowest BCUT2D eigenvalue weighted by Gasteiger charge is -2.25. The number of aryl methyl sites for hydroxylation is 1. The lowest BCUT2D eigenvalue weighted by molar-refractivity contribution is 0.237. The van der Waals surface area contributed by atoms with E-state index in [9.17, 15) is 0 Å². The Balaban J connectivity index is 0.00000441. The summed E-state index contributed by atoms with van der Waals surface area (Å²) in [6.07, 6.45) is 0.929. The van der Waals surface area contributed by atoms with Crippen molar-refractivity contribution in [2.75, 3.05) is 33.2 Å². The number of halogens is 1. The van der Waals surface area contributed by atoms with E-state index in [2.05, 4.69) is 51.7 Å². The molecule has 0 aliphatic carbocycles. The summed E-state index contributed by atoms with van der Waals surface area (Å²) in [6, 6.07) is 0.583. The molecule has 1 aromatic heterocycles. The molecule has 0 unspecified atom stereocenters. The van der Waals surface area contributed by atoms with E-state index in [-0.39, 0.29) is 24.0 Å². The van der Waals surface area contributed by atoms with Crippen LogP contribution in [0.5, 0.6) is 0 Å². The molecule has 22 heavy (non-hydrogen) atoms. The van der Waals surface area contributed by atoms with Crippen LogP contribution in [0.3, 0.4) is 0 Å². The number of nitrogens with one attached hydrogen (secondary N) is 2. The predicted octanol–water partition coefficient (Wildman–Crippen LogP) is 2.51. The first kappa shape index (κ1) is 21.6. The van der Waals surface area contributed by atoms with E-state index in [0.717, 1.165) is 49.3 Å². The highest BCUT2D eigenvalue weighted by atomic mass is 127. The number of aromatic nitrogens is 1. The van der Waals surface area contributed by atoms with Crippen molar-refractivity contribution in [1.82, 2.24) is 20.5 Å². The van der Waals surface area contributed by atoms with Crippen LogP contribution in [0.1, 0.15) is 31.5 Å². The predicted molar refractivity (Wildman–Crippen MR) is 108 cm³/mol. The molecule has 0 bridgehead atoms. The molecular formula is C15H30IN5S. The Morgan fingerprint density at radius 2 is 2.05 bits per heavy atom. The van der Waals surface area contributed by atoms with Crippen molar-refractivity contribution >= 4 is 41.3 Å². The van der Waals surface area contributed by atoms with Gasteiger partial charge >= 0.3 is 0 Å². The highest BCUT2D eigenvalue weighted by molar-refractivity contribution is 14.0. The van der Waals surface area contributed by atoms with E-state index in [1.54, 1.807) is 11.3 Å². The Kier molecular flexibility index (Phi) is 11.8. The van der Waals surface area contributed by atoms with Crippen LogP contribution < -0.4 is 10.6 Å². The molecule has 2 N–H and O–H groups in total. The van der Waals surface area contributed by atoms with Crippen molar-refractivity contribution in [3.8, 4) is 0 Å². The summed E-state index contributed by atoms with van der Waals surface area (Å²) in [5.41, 5.74) is 1.15. The van der Waals surface area contributed by atoms with E-state index in [0.29, 0.717) is 6.04 Å². The first-order valence-electron chi connectivity index (χ1n) is 7.66. The normalized spacial score (nSPS) is 11.7. The molecule has 0 fully saturated rings.